The molecule has 4 rings (SSSR count). The van der Waals surface area contributed by atoms with Gasteiger partial charge >= 0.3 is 0 Å². The number of aromatic nitrogens is 2. The molecular formula is C18H14ClN3O3. The summed E-state index contributed by atoms with van der Waals surface area (Å²) in [7, 11) is 0. The van der Waals surface area contributed by atoms with E-state index in [1.807, 2.05) is 0 Å². The standard InChI is InChI=1S/C18H14ClN3O3/c19-13-4-5-15-12(9-13)11-21(7-8-25-15)17(23)14-10-20-16-3-1-2-6-22(16)18(14)24/h1-6,9-10H,7-8,11H2. The molecule has 0 fully saturated rings. The van der Waals surface area contributed by atoms with Crippen molar-refractivity contribution in [1.82, 2.24) is 14.3 Å². The van der Waals surface area contributed by atoms with E-state index in [1.54, 1.807) is 47.5 Å². The van der Waals surface area contributed by atoms with Crippen LogP contribution in [0.5, 0.6) is 5.75 Å². The molecule has 1 aliphatic heterocycles. The Bertz CT molecular complexity index is 1030. The first-order valence-corrected chi connectivity index (χ1v) is 8.18. The molecule has 0 atom stereocenters. The van der Waals surface area contributed by atoms with Gasteiger partial charge in [0.25, 0.3) is 11.5 Å². The number of carbonyl (C=O) groups is 1. The van der Waals surface area contributed by atoms with Crippen LogP contribution in [0.2, 0.25) is 5.02 Å². The third kappa shape index (κ3) is 2.85. The van der Waals surface area contributed by atoms with Crippen molar-refractivity contribution in [2.75, 3.05) is 13.2 Å². The lowest BCUT2D eigenvalue weighted by molar-refractivity contribution is 0.0731. The van der Waals surface area contributed by atoms with Crippen molar-refractivity contribution in [2.24, 2.45) is 0 Å². The molecule has 1 amide bonds. The lowest BCUT2D eigenvalue weighted by Crippen LogP contribution is -2.36. The lowest BCUT2D eigenvalue weighted by Gasteiger charge is -2.19. The number of ether oxygens (including phenoxy) is 1. The van der Waals surface area contributed by atoms with Gasteiger partial charge < -0.3 is 9.64 Å². The number of pyridine rings is 1. The smallest absolute Gasteiger partial charge is 0.270 e. The molecular weight excluding hydrogens is 342 g/mol. The van der Waals surface area contributed by atoms with Gasteiger partial charge in [0, 0.05) is 29.5 Å². The Kier molecular flexibility index (Phi) is 3.89. The van der Waals surface area contributed by atoms with Crippen LogP contribution in [0.1, 0.15) is 15.9 Å². The largest absolute Gasteiger partial charge is 0.491 e. The Balaban J connectivity index is 1.71. The average molecular weight is 356 g/mol. The predicted molar refractivity (Wildman–Crippen MR) is 93.1 cm³/mol. The number of halogens is 1. The number of hydrogen-bond donors (Lipinski definition) is 0. The first kappa shape index (κ1) is 15.7. The summed E-state index contributed by atoms with van der Waals surface area (Å²) >= 11 is 6.04. The number of fused-ring (bicyclic) bond motifs is 2. The normalized spacial score (nSPS) is 13.9. The summed E-state index contributed by atoms with van der Waals surface area (Å²) in [4.78, 5) is 31.3. The van der Waals surface area contributed by atoms with E-state index in [0.29, 0.717) is 36.1 Å². The Morgan fingerprint density at radius 2 is 2.12 bits per heavy atom. The fraction of sp³-hybridized carbons (Fsp3) is 0.167. The third-order valence-electron chi connectivity index (χ3n) is 4.13. The molecule has 2 aromatic heterocycles. The second-order valence-electron chi connectivity index (χ2n) is 5.73. The summed E-state index contributed by atoms with van der Waals surface area (Å²) in [5.74, 6) is 0.334. The van der Waals surface area contributed by atoms with Crippen LogP contribution >= 0.6 is 11.6 Å². The van der Waals surface area contributed by atoms with Crippen LogP contribution in [-0.4, -0.2) is 33.3 Å². The second kappa shape index (κ2) is 6.22. The summed E-state index contributed by atoms with van der Waals surface area (Å²) in [6.45, 7) is 1.05. The van der Waals surface area contributed by atoms with Gasteiger partial charge in [0.05, 0.1) is 6.54 Å². The van der Waals surface area contributed by atoms with Gasteiger partial charge in [0.15, 0.2) is 0 Å². The summed E-state index contributed by atoms with van der Waals surface area (Å²) in [5, 5.41) is 0.573. The first-order valence-electron chi connectivity index (χ1n) is 7.80. The number of amides is 1. The van der Waals surface area contributed by atoms with E-state index < -0.39 is 0 Å². The molecule has 0 bridgehead atoms. The average Bonchev–Trinajstić information content (AvgIpc) is 2.83. The topological polar surface area (TPSA) is 63.9 Å². The summed E-state index contributed by atoms with van der Waals surface area (Å²) in [5.41, 5.74) is 0.967. The molecule has 1 aromatic carbocycles. The van der Waals surface area contributed by atoms with Gasteiger partial charge in [-0.2, -0.15) is 0 Å². The molecule has 3 aromatic rings. The molecule has 0 N–H and O–H groups in total. The fourth-order valence-corrected chi connectivity index (χ4v) is 3.07. The molecule has 0 saturated heterocycles. The molecule has 0 saturated carbocycles. The van der Waals surface area contributed by atoms with Crippen molar-refractivity contribution < 1.29 is 9.53 Å². The Morgan fingerprint density at radius 3 is 3.00 bits per heavy atom. The Labute approximate surface area is 148 Å². The highest BCUT2D eigenvalue weighted by Gasteiger charge is 2.24. The zero-order valence-corrected chi connectivity index (χ0v) is 13.9. The van der Waals surface area contributed by atoms with E-state index >= 15 is 0 Å². The number of nitrogens with zero attached hydrogens (tertiary/aromatic N) is 3. The minimum Gasteiger partial charge on any atom is -0.491 e. The molecule has 25 heavy (non-hydrogen) atoms. The van der Waals surface area contributed by atoms with Crippen LogP contribution in [0.4, 0.5) is 0 Å². The van der Waals surface area contributed by atoms with Gasteiger partial charge in [-0.15, -0.1) is 0 Å². The van der Waals surface area contributed by atoms with Gasteiger partial charge in [-0.25, -0.2) is 4.98 Å². The molecule has 6 nitrogen and oxygen atoms in total. The highest BCUT2D eigenvalue weighted by Crippen LogP contribution is 2.26. The van der Waals surface area contributed by atoms with E-state index in [2.05, 4.69) is 4.98 Å². The van der Waals surface area contributed by atoms with E-state index in [1.165, 1.54) is 10.6 Å². The van der Waals surface area contributed by atoms with Crippen LogP contribution in [0.25, 0.3) is 5.65 Å². The molecule has 0 aliphatic carbocycles. The molecule has 1 aliphatic rings. The van der Waals surface area contributed by atoms with Crippen molar-refractivity contribution in [2.45, 2.75) is 6.54 Å². The van der Waals surface area contributed by atoms with Crippen LogP contribution < -0.4 is 10.3 Å². The minimum absolute atomic E-state index is 0.0363. The SMILES string of the molecule is O=C(c1cnc2ccccn2c1=O)N1CCOc2ccc(Cl)cc2C1. The molecule has 3 heterocycles. The number of hydrogen-bond acceptors (Lipinski definition) is 4. The van der Waals surface area contributed by atoms with E-state index in [0.717, 1.165) is 5.56 Å². The highest BCUT2D eigenvalue weighted by molar-refractivity contribution is 6.30. The van der Waals surface area contributed by atoms with Gasteiger partial charge in [-0.1, -0.05) is 17.7 Å². The van der Waals surface area contributed by atoms with E-state index in [-0.39, 0.29) is 17.0 Å². The number of carbonyl (C=O) groups excluding carboxylic acids is 1. The molecule has 0 unspecified atom stereocenters. The summed E-state index contributed by atoms with van der Waals surface area (Å²) in [6.07, 6.45) is 2.94. The molecule has 7 heteroatoms. The maximum atomic E-state index is 12.9. The van der Waals surface area contributed by atoms with Crippen molar-refractivity contribution in [3.63, 3.8) is 0 Å². The van der Waals surface area contributed by atoms with Crippen molar-refractivity contribution in [3.8, 4) is 5.75 Å². The van der Waals surface area contributed by atoms with Crippen molar-refractivity contribution >= 4 is 23.2 Å². The summed E-state index contributed by atoms with van der Waals surface area (Å²) in [6, 6.07) is 10.5. The second-order valence-corrected chi connectivity index (χ2v) is 6.17. The quantitative estimate of drug-likeness (QED) is 0.672. The van der Waals surface area contributed by atoms with Crippen LogP contribution in [0.15, 0.2) is 53.6 Å². The molecule has 0 spiro atoms. The highest BCUT2D eigenvalue weighted by atomic mass is 35.5. The summed E-state index contributed by atoms with van der Waals surface area (Å²) < 4.78 is 7.04. The lowest BCUT2D eigenvalue weighted by atomic mass is 10.1. The van der Waals surface area contributed by atoms with E-state index in [9.17, 15) is 9.59 Å². The Hall–Kier alpha value is -2.86. The fourth-order valence-electron chi connectivity index (χ4n) is 2.88. The van der Waals surface area contributed by atoms with Gasteiger partial charge in [0.1, 0.15) is 23.6 Å². The maximum Gasteiger partial charge on any atom is 0.270 e. The third-order valence-corrected chi connectivity index (χ3v) is 4.37. The van der Waals surface area contributed by atoms with Gasteiger partial charge in [-0.3, -0.25) is 14.0 Å². The minimum atomic E-state index is -0.382. The van der Waals surface area contributed by atoms with E-state index in [4.69, 9.17) is 16.3 Å². The van der Waals surface area contributed by atoms with Gasteiger partial charge in [0.2, 0.25) is 0 Å². The van der Waals surface area contributed by atoms with Crippen LogP contribution in [0, 0.1) is 0 Å². The first-order chi connectivity index (χ1) is 12.1. The van der Waals surface area contributed by atoms with Gasteiger partial charge in [-0.05, 0) is 30.3 Å². The monoisotopic (exact) mass is 355 g/mol. The predicted octanol–water partition coefficient (Wildman–Crippen LogP) is 2.38. The Morgan fingerprint density at radius 1 is 1.24 bits per heavy atom. The molecule has 0 radical (unpaired) electrons. The number of rotatable bonds is 1. The van der Waals surface area contributed by atoms with Crippen LogP contribution in [0.3, 0.4) is 0 Å². The van der Waals surface area contributed by atoms with Crippen molar-refractivity contribution in [3.05, 3.63) is 75.3 Å². The van der Waals surface area contributed by atoms with Crippen LogP contribution in [-0.2, 0) is 6.54 Å². The van der Waals surface area contributed by atoms with Crippen molar-refractivity contribution in [1.29, 1.82) is 0 Å². The zero-order chi connectivity index (χ0) is 17.4. The zero-order valence-electron chi connectivity index (χ0n) is 13.2. The number of benzene rings is 1. The maximum absolute atomic E-state index is 12.9. The molecule has 126 valence electrons.